The van der Waals surface area contributed by atoms with Gasteiger partial charge in [-0.15, -0.1) is 0 Å². The molecule has 2 aromatic heterocycles. The molecule has 0 atom stereocenters. The molecule has 0 saturated carbocycles. The van der Waals surface area contributed by atoms with Gasteiger partial charge in [0.1, 0.15) is 11.6 Å². The zero-order valence-electron chi connectivity index (χ0n) is 16.5. The van der Waals surface area contributed by atoms with E-state index in [1.165, 1.54) is 11.1 Å². The lowest BCUT2D eigenvalue weighted by Gasteiger charge is -2.01. The van der Waals surface area contributed by atoms with Gasteiger partial charge in [0.05, 0.1) is 22.1 Å². The minimum atomic E-state index is 0.910. The van der Waals surface area contributed by atoms with Crippen LogP contribution >= 0.6 is 0 Å². The van der Waals surface area contributed by atoms with Gasteiger partial charge in [-0.3, -0.25) is 0 Å². The van der Waals surface area contributed by atoms with Crippen molar-refractivity contribution in [2.75, 3.05) is 0 Å². The van der Waals surface area contributed by atoms with Gasteiger partial charge in [-0.25, -0.2) is 9.97 Å². The van der Waals surface area contributed by atoms with Crippen LogP contribution in [0.1, 0.15) is 51.2 Å². The molecule has 4 rings (SSSR count). The van der Waals surface area contributed by atoms with Crippen molar-refractivity contribution in [2.45, 2.75) is 39.5 Å². The molecule has 4 aromatic rings. The summed E-state index contributed by atoms with van der Waals surface area (Å²) in [7, 11) is 0. The molecule has 0 saturated heterocycles. The number of imidazole rings is 2. The van der Waals surface area contributed by atoms with Crippen molar-refractivity contribution in [2.24, 2.45) is 0 Å². The first kappa shape index (κ1) is 18.2. The molecule has 4 nitrogen and oxygen atoms in total. The molecule has 4 heteroatoms. The van der Waals surface area contributed by atoms with Gasteiger partial charge < -0.3 is 9.97 Å². The third-order valence-electron chi connectivity index (χ3n) is 4.80. The van der Waals surface area contributed by atoms with Crippen molar-refractivity contribution >= 4 is 34.2 Å². The molecule has 2 aromatic carbocycles. The van der Waals surface area contributed by atoms with Gasteiger partial charge in [-0.2, -0.15) is 0 Å². The summed E-state index contributed by atoms with van der Waals surface area (Å²) in [6.45, 7) is 4.35. The number of unbranched alkanes of at least 4 members (excludes halogenated alkanes) is 2. The first-order valence-corrected chi connectivity index (χ1v) is 10.1. The molecular formula is C24H26N4. The number of nitrogens with one attached hydrogen (secondary N) is 2. The van der Waals surface area contributed by atoms with Crippen LogP contribution in [-0.2, 0) is 0 Å². The van der Waals surface area contributed by atoms with Crippen molar-refractivity contribution in [1.29, 1.82) is 0 Å². The summed E-state index contributed by atoms with van der Waals surface area (Å²) in [6.07, 6.45) is 12.9. The Bertz CT molecular complexity index is 1050. The molecule has 0 radical (unpaired) electrons. The first-order valence-electron chi connectivity index (χ1n) is 10.1. The fraction of sp³-hybridized carbons (Fsp3) is 0.250. The van der Waals surface area contributed by atoms with E-state index in [1.807, 2.05) is 0 Å². The van der Waals surface area contributed by atoms with E-state index in [1.54, 1.807) is 0 Å². The molecule has 0 unspecified atom stereocenters. The van der Waals surface area contributed by atoms with E-state index in [0.717, 1.165) is 59.4 Å². The van der Waals surface area contributed by atoms with E-state index in [9.17, 15) is 0 Å². The summed E-state index contributed by atoms with van der Waals surface area (Å²) in [5.41, 5.74) is 6.43. The molecule has 142 valence electrons. The number of aromatic nitrogens is 4. The predicted molar refractivity (Wildman–Crippen MR) is 119 cm³/mol. The maximum Gasteiger partial charge on any atom is 0.130 e. The van der Waals surface area contributed by atoms with Crippen molar-refractivity contribution in [3.63, 3.8) is 0 Å². The Balaban J connectivity index is 1.63. The summed E-state index contributed by atoms with van der Waals surface area (Å²) in [4.78, 5) is 16.1. The molecule has 0 aliphatic rings. The molecule has 0 amide bonds. The van der Waals surface area contributed by atoms with Gasteiger partial charge in [0.2, 0.25) is 0 Å². The standard InChI is InChI=1S/C24H26N4/c1-3-5-7-9-23-25-19-13-11-17(15-21(19)27-23)18-12-14-20-22(16-18)28-24(26-20)10-8-6-4-2/h7-16H,3-6H2,1-2H3,(H,25,27)(H,26,28). The number of hydrogen-bond acceptors (Lipinski definition) is 2. The second-order valence-corrected chi connectivity index (χ2v) is 7.09. The minimum Gasteiger partial charge on any atom is -0.338 e. The molecule has 0 aliphatic carbocycles. The highest BCUT2D eigenvalue weighted by atomic mass is 14.9. The van der Waals surface area contributed by atoms with Gasteiger partial charge >= 0.3 is 0 Å². The zero-order chi connectivity index (χ0) is 19.3. The predicted octanol–water partition coefficient (Wildman–Crippen LogP) is 6.73. The van der Waals surface area contributed by atoms with E-state index in [2.05, 4.69) is 94.5 Å². The lowest BCUT2D eigenvalue weighted by molar-refractivity contribution is 0.961. The summed E-state index contributed by atoms with van der Waals surface area (Å²) in [5.74, 6) is 1.82. The monoisotopic (exact) mass is 370 g/mol. The van der Waals surface area contributed by atoms with Crippen LogP contribution in [0.2, 0.25) is 0 Å². The highest BCUT2D eigenvalue weighted by Gasteiger charge is 2.06. The van der Waals surface area contributed by atoms with Crippen LogP contribution in [0.25, 0.3) is 45.3 Å². The summed E-state index contributed by atoms with van der Waals surface area (Å²) < 4.78 is 0. The van der Waals surface area contributed by atoms with Crippen molar-refractivity contribution in [1.82, 2.24) is 19.9 Å². The topological polar surface area (TPSA) is 57.4 Å². The van der Waals surface area contributed by atoms with E-state index < -0.39 is 0 Å². The first-order chi connectivity index (χ1) is 13.8. The molecule has 2 heterocycles. The van der Waals surface area contributed by atoms with Gasteiger partial charge in [0.25, 0.3) is 0 Å². The van der Waals surface area contributed by atoms with Crippen molar-refractivity contribution in [3.05, 3.63) is 60.2 Å². The molecule has 0 spiro atoms. The van der Waals surface area contributed by atoms with E-state index in [-0.39, 0.29) is 0 Å². The van der Waals surface area contributed by atoms with E-state index in [0.29, 0.717) is 0 Å². The molecular weight excluding hydrogens is 344 g/mol. The fourth-order valence-corrected chi connectivity index (χ4v) is 3.30. The Morgan fingerprint density at radius 2 is 1.18 bits per heavy atom. The quantitative estimate of drug-likeness (QED) is 0.379. The Morgan fingerprint density at radius 1 is 0.714 bits per heavy atom. The maximum absolute atomic E-state index is 4.64. The van der Waals surface area contributed by atoms with Crippen LogP contribution in [0.3, 0.4) is 0 Å². The van der Waals surface area contributed by atoms with Crippen molar-refractivity contribution < 1.29 is 0 Å². The highest BCUT2D eigenvalue weighted by molar-refractivity contribution is 5.87. The molecule has 28 heavy (non-hydrogen) atoms. The minimum absolute atomic E-state index is 0.910. The SMILES string of the molecule is CCCC=Cc1nc2ccc(-c3ccc4nc(C=CCCC)[nH]c4c3)cc2[nH]1. The van der Waals surface area contributed by atoms with Crippen LogP contribution < -0.4 is 0 Å². The number of nitrogens with zero attached hydrogens (tertiary/aromatic N) is 2. The largest absolute Gasteiger partial charge is 0.338 e. The molecule has 0 bridgehead atoms. The normalized spacial score (nSPS) is 12.2. The van der Waals surface area contributed by atoms with Gasteiger partial charge in [0, 0.05) is 0 Å². The van der Waals surface area contributed by atoms with Crippen LogP contribution in [0.15, 0.2) is 48.6 Å². The number of benzene rings is 2. The lowest BCUT2D eigenvalue weighted by atomic mass is 10.0. The highest BCUT2D eigenvalue weighted by Crippen LogP contribution is 2.26. The Hall–Kier alpha value is -3.14. The summed E-state index contributed by atoms with van der Waals surface area (Å²) in [5, 5.41) is 0. The van der Waals surface area contributed by atoms with Crippen LogP contribution in [0.5, 0.6) is 0 Å². The maximum atomic E-state index is 4.64. The second kappa shape index (κ2) is 8.26. The number of allylic oxidation sites excluding steroid dienone is 2. The number of fused-ring (bicyclic) bond motifs is 2. The van der Waals surface area contributed by atoms with Crippen LogP contribution in [0, 0.1) is 0 Å². The third-order valence-corrected chi connectivity index (χ3v) is 4.80. The smallest absolute Gasteiger partial charge is 0.130 e. The molecule has 0 fully saturated rings. The summed E-state index contributed by atoms with van der Waals surface area (Å²) in [6, 6.07) is 12.7. The second-order valence-electron chi connectivity index (χ2n) is 7.09. The Labute approximate surface area is 165 Å². The zero-order valence-corrected chi connectivity index (χ0v) is 16.5. The van der Waals surface area contributed by atoms with E-state index >= 15 is 0 Å². The van der Waals surface area contributed by atoms with Gasteiger partial charge in [-0.05, 0) is 60.4 Å². The molecule has 0 aliphatic heterocycles. The average Bonchev–Trinajstić information content (AvgIpc) is 3.30. The Morgan fingerprint density at radius 3 is 1.61 bits per heavy atom. The number of H-pyrrole nitrogens is 2. The molecule has 2 N–H and O–H groups in total. The number of rotatable bonds is 7. The van der Waals surface area contributed by atoms with Gasteiger partial charge in [0.15, 0.2) is 0 Å². The van der Waals surface area contributed by atoms with Gasteiger partial charge in [-0.1, -0.05) is 51.0 Å². The Kier molecular flexibility index (Phi) is 5.38. The van der Waals surface area contributed by atoms with Crippen molar-refractivity contribution in [3.8, 4) is 11.1 Å². The third kappa shape index (κ3) is 3.91. The van der Waals surface area contributed by atoms with Crippen LogP contribution in [-0.4, -0.2) is 19.9 Å². The fourth-order valence-electron chi connectivity index (χ4n) is 3.30. The lowest BCUT2D eigenvalue weighted by Crippen LogP contribution is -1.79. The van der Waals surface area contributed by atoms with E-state index in [4.69, 9.17) is 0 Å². The van der Waals surface area contributed by atoms with Crippen LogP contribution in [0.4, 0.5) is 0 Å². The average molecular weight is 371 g/mol. The number of hydrogen-bond donors (Lipinski definition) is 2. The number of aromatic amines is 2. The summed E-state index contributed by atoms with van der Waals surface area (Å²) >= 11 is 0.